The van der Waals surface area contributed by atoms with Crippen LogP contribution in [0.2, 0.25) is 5.02 Å². The van der Waals surface area contributed by atoms with Crippen molar-refractivity contribution in [3.8, 4) is 0 Å². The van der Waals surface area contributed by atoms with Crippen LogP contribution in [0.25, 0.3) is 0 Å². The summed E-state index contributed by atoms with van der Waals surface area (Å²) in [5.74, 6) is -1.64. The molecule has 0 spiro atoms. The highest BCUT2D eigenvalue weighted by molar-refractivity contribution is 7.14. The summed E-state index contributed by atoms with van der Waals surface area (Å²) in [5, 5.41) is 7.20. The van der Waals surface area contributed by atoms with Gasteiger partial charge in [0.15, 0.2) is 5.13 Å². The molecule has 1 heterocycles. The second-order valence-corrected chi connectivity index (χ2v) is 5.21. The molecule has 2 amide bonds. The summed E-state index contributed by atoms with van der Waals surface area (Å²) in [7, 11) is 0. The van der Waals surface area contributed by atoms with Gasteiger partial charge in [0.1, 0.15) is 0 Å². The molecule has 0 unspecified atom stereocenters. The van der Waals surface area contributed by atoms with Gasteiger partial charge in [0.25, 0.3) is 0 Å². The molecule has 8 heteroatoms. The number of benzene rings is 1. The van der Waals surface area contributed by atoms with E-state index < -0.39 is 11.8 Å². The number of carbonyl (C=O) groups excluding carboxylic acids is 2. The first kappa shape index (κ1) is 14.3. The number of nitrogens with two attached hydrogens (primary N) is 1. The second kappa shape index (κ2) is 5.89. The summed E-state index contributed by atoms with van der Waals surface area (Å²) < 4.78 is 0. The van der Waals surface area contributed by atoms with Crippen molar-refractivity contribution in [1.29, 1.82) is 0 Å². The molecule has 20 heavy (non-hydrogen) atoms. The van der Waals surface area contributed by atoms with Crippen LogP contribution in [0.15, 0.2) is 23.6 Å². The normalized spacial score (nSPS) is 10.1. The Balaban J connectivity index is 2.02. The van der Waals surface area contributed by atoms with Crippen molar-refractivity contribution in [2.24, 2.45) is 0 Å². The predicted molar refractivity (Wildman–Crippen MR) is 80.0 cm³/mol. The Morgan fingerprint density at radius 2 is 2.00 bits per heavy atom. The van der Waals surface area contributed by atoms with Gasteiger partial charge < -0.3 is 11.1 Å². The Morgan fingerprint density at radius 3 is 2.60 bits per heavy atom. The summed E-state index contributed by atoms with van der Waals surface area (Å²) in [6.07, 6.45) is 0. The molecule has 1 aromatic carbocycles. The molecule has 0 saturated carbocycles. The Bertz CT molecular complexity index is 671. The lowest BCUT2D eigenvalue weighted by atomic mass is 10.3. The van der Waals surface area contributed by atoms with Crippen LogP contribution in [0.5, 0.6) is 0 Å². The van der Waals surface area contributed by atoms with E-state index in [4.69, 9.17) is 17.3 Å². The van der Waals surface area contributed by atoms with E-state index in [1.165, 1.54) is 23.5 Å². The van der Waals surface area contributed by atoms with E-state index >= 15 is 0 Å². The van der Waals surface area contributed by atoms with E-state index in [0.717, 1.165) is 5.69 Å². The average molecular weight is 311 g/mol. The fraction of sp³-hybridized carbons (Fsp3) is 0.0833. The van der Waals surface area contributed by atoms with Gasteiger partial charge in [-0.05, 0) is 25.1 Å². The number of rotatable bonds is 2. The number of aryl methyl sites for hydroxylation is 1. The third-order valence-corrected chi connectivity index (χ3v) is 3.48. The fourth-order valence-corrected chi connectivity index (χ4v) is 2.30. The maximum absolute atomic E-state index is 11.7. The van der Waals surface area contributed by atoms with Crippen molar-refractivity contribution in [2.45, 2.75) is 6.92 Å². The lowest BCUT2D eigenvalue weighted by molar-refractivity contribution is -0.132. The van der Waals surface area contributed by atoms with Gasteiger partial charge in [-0.25, -0.2) is 4.98 Å². The van der Waals surface area contributed by atoms with E-state index in [-0.39, 0.29) is 5.02 Å². The number of halogens is 1. The topological polar surface area (TPSA) is 97.1 Å². The van der Waals surface area contributed by atoms with Crippen molar-refractivity contribution >= 4 is 51.3 Å². The number of hydrogen-bond acceptors (Lipinski definition) is 5. The number of thiazole rings is 1. The first-order valence-electron chi connectivity index (χ1n) is 5.55. The lowest BCUT2D eigenvalue weighted by Gasteiger charge is -2.07. The van der Waals surface area contributed by atoms with Crippen LogP contribution < -0.4 is 16.4 Å². The Morgan fingerprint density at radius 1 is 1.30 bits per heavy atom. The van der Waals surface area contributed by atoms with E-state index in [0.29, 0.717) is 16.5 Å². The molecule has 4 N–H and O–H groups in total. The van der Waals surface area contributed by atoms with Crippen LogP contribution in [0.4, 0.5) is 16.5 Å². The van der Waals surface area contributed by atoms with Gasteiger partial charge in [0.05, 0.1) is 16.4 Å². The summed E-state index contributed by atoms with van der Waals surface area (Å²) >= 11 is 7.15. The third-order valence-electron chi connectivity index (χ3n) is 2.29. The van der Waals surface area contributed by atoms with Crippen molar-refractivity contribution in [3.63, 3.8) is 0 Å². The summed E-state index contributed by atoms with van der Waals surface area (Å²) in [4.78, 5) is 27.4. The second-order valence-electron chi connectivity index (χ2n) is 3.94. The van der Waals surface area contributed by atoms with Gasteiger partial charge in [-0.1, -0.05) is 11.6 Å². The van der Waals surface area contributed by atoms with Crippen LogP contribution in [-0.2, 0) is 9.59 Å². The molecular weight excluding hydrogens is 300 g/mol. The summed E-state index contributed by atoms with van der Waals surface area (Å²) in [6, 6.07) is 4.58. The molecule has 0 aliphatic heterocycles. The minimum atomic E-state index is -0.829. The molecule has 0 atom stereocenters. The number of nitrogens with zero attached hydrogens (tertiary/aromatic N) is 1. The van der Waals surface area contributed by atoms with Crippen molar-refractivity contribution in [2.75, 3.05) is 16.4 Å². The summed E-state index contributed by atoms with van der Waals surface area (Å²) in [6.45, 7) is 1.79. The van der Waals surface area contributed by atoms with E-state index in [9.17, 15) is 9.59 Å². The van der Waals surface area contributed by atoms with E-state index in [2.05, 4.69) is 15.6 Å². The Labute approximate surface area is 124 Å². The molecule has 0 aliphatic rings. The molecule has 2 aromatic rings. The van der Waals surface area contributed by atoms with E-state index in [1.54, 1.807) is 18.4 Å². The highest BCUT2D eigenvalue weighted by Crippen LogP contribution is 2.24. The monoisotopic (exact) mass is 310 g/mol. The number of amides is 2. The standard InChI is InChI=1S/C12H11ClN4O2S/c1-6-5-20-12(15-6)17-11(19)10(18)16-9-3-2-7(14)4-8(9)13/h2-5H,14H2,1H3,(H,16,18)(H,15,17,19). The quantitative estimate of drug-likeness (QED) is 0.585. The lowest BCUT2D eigenvalue weighted by Crippen LogP contribution is -2.29. The van der Waals surface area contributed by atoms with Gasteiger partial charge in [-0.2, -0.15) is 0 Å². The molecule has 104 valence electrons. The molecular formula is C12H11ClN4O2S. The van der Waals surface area contributed by atoms with Crippen LogP contribution in [0.1, 0.15) is 5.69 Å². The molecule has 1 aromatic heterocycles. The van der Waals surface area contributed by atoms with Gasteiger partial charge in [-0.15, -0.1) is 11.3 Å². The zero-order chi connectivity index (χ0) is 14.7. The number of carbonyl (C=O) groups is 2. The highest BCUT2D eigenvalue weighted by Gasteiger charge is 2.16. The molecule has 2 rings (SSSR count). The molecule has 0 bridgehead atoms. The fourth-order valence-electron chi connectivity index (χ4n) is 1.38. The zero-order valence-electron chi connectivity index (χ0n) is 10.4. The highest BCUT2D eigenvalue weighted by atomic mass is 35.5. The summed E-state index contributed by atoms with van der Waals surface area (Å²) in [5.41, 5.74) is 7.09. The van der Waals surface area contributed by atoms with Crippen LogP contribution >= 0.6 is 22.9 Å². The van der Waals surface area contributed by atoms with Crippen molar-refractivity contribution in [3.05, 3.63) is 34.3 Å². The Hall–Kier alpha value is -2.12. The van der Waals surface area contributed by atoms with Crippen molar-refractivity contribution < 1.29 is 9.59 Å². The van der Waals surface area contributed by atoms with Gasteiger partial charge in [-0.3, -0.25) is 14.9 Å². The predicted octanol–water partition coefficient (Wildman–Crippen LogP) is 2.26. The number of nitrogens with one attached hydrogen (secondary N) is 2. The first-order valence-corrected chi connectivity index (χ1v) is 6.81. The minimum absolute atomic E-state index is 0.260. The minimum Gasteiger partial charge on any atom is -0.399 e. The Kier molecular flexibility index (Phi) is 4.21. The molecule has 6 nitrogen and oxygen atoms in total. The SMILES string of the molecule is Cc1csc(NC(=O)C(=O)Nc2ccc(N)cc2Cl)n1. The number of nitrogen functional groups attached to an aromatic ring is 1. The van der Waals surface area contributed by atoms with Crippen LogP contribution in [0, 0.1) is 6.92 Å². The molecule has 0 radical (unpaired) electrons. The van der Waals surface area contributed by atoms with Gasteiger partial charge >= 0.3 is 11.8 Å². The maximum Gasteiger partial charge on any atom is 0.315 e. The first-order chi connectivity index (χ1) is 9.45. The largest absolute Gasteiger partial charge is 0.399 e. The van der Waals surface area contributed by atoms with Crippen LogP contribution in [0.3, 0.4) is 0 Å². The molecule has 0 saturated heterocycles. The molecule has 0 aliphatic carbocycles. The van der Waals surface area contributed by atoms with Crippen LogP contribution in [-0.4, -0.2) is 16.8 Å². The smallest absolute Gasteiger partial charge is 0.315 e. The van der Waals surface area contributed by atoms with Gasteiger partial charge in [0, 0.05) is 11.1 Å². The maximum atomic E-state index is 11.7. The molecule has 0 fully saturated rings. The van der Waals surface area contributed by atoms with E-state index in [1.807, 2.05) is 0 Å². The van der Waals surface area contributed by atoms with Gasteiger partial charge in [0.2, 0.25) is 0 Å². The third kappa shape index (κ3) is 3.46. The number of anilines is 3. The number of aromatic nitrogens is 1. The zero-order valence-corrected chi connectivity index (χ0v) is 12.0. The number of hydrogen-bond donors (Lipinski definition) is 3. The average Bonchev–Trinajstić information content (AvgIpc) is 2.78. The van der Waals surface area contributed by atoms with Crippen molar-refractivity contribution in [1.82, 2.24) is 4.98 Å².